The van der Waals surface area contributed by atoms with Crippen LogP contribution in [0.15, 0.2) is 28.9 Å². The predicted octanol–water partition coefficient (Wildman–Crippen LogP) is 3.26. The van der Waals surface area contributed by atoms with Crippen molar-refractivity contribution in [2.45, 2.75) is 6.92 Å². The molecule has 0 atom stereocenters. The minimum atomic E-state index is 0.392. The maximum absolute atomic E-state index is 5.88. The second kappa shape index (κ2) is 4.24. The van der Waals surface area contributed by atoms with E-state index in [1.54, 1.807) is 6.20 Å². The molecule has 0 bridgehead atoms. The molecule has 0 aliphatic heterocycles. The van der Waals surface area contributed by atoms with Gasteiger partial charge in [0.2, 0.25) is 0 Å². The third-order valence-corrected chi connectivity index (χ3v) is 2.92. The normalized spacial score (nSPS) is 10.3. The van der Waals surface area contributed by atoms with E-state index in [4.69, 9.17) is 11.6 Å². The topological polar surface area (TPSA) is 38.7 Å². The van der Waals surface area contributed by atoms with Gasteiger partial charge in [-0.05, 0) is 35.0 Å². The number of rotatable bonds is 1. The fourth-order valence-electron chi connectivity index (χ4n) is 1.14. The monoisotopic (exact) mass is 283 g/mol. The van der Waals surface area contributed by atoms with E-state index in [1.807, 2.05) is 25.1 Å². The van der Waals surface area contributed by atoms with E-state index < -0.39 is 0 Å². The zero-order valence-electron chi connectivity index (χ0n) is 7.91. The summed E-state index contributed by atoms with van der Waals surface area (Å²) in [6.45, 7) is 1.92. The average molecular weight is 285 g/mol. The van der Waals surface area contributed by atoms with Crippen molar-refractivity contribution in [1.29, 1.82) is 0 Å². The number of nitrogens with zero attached hydrogens (tertiary/aromatic N) is 3. The Morgan fingerprint density at radius 3 is 2.73 bits per heavy atom. The summed E-state index contributed by atoms with van der Waals surface area (Å²) in [5.74, 6) is 0.534. The summed E-state index contributed by atoms with van der Waals surface area (Å²) in [5.41, 5.74) is 1.65. The molecule has 2 rings (SSSR count). The molecule has 76 valence electrons. The fraction of sp³-hybridized carbons (Fsp3) is 0.100. The Morgan fingerprint density at radius 2 is 2.07 bits per heavy atom. The molecule has 2 aromatic heterocycles. The first kappa shape index (κ1) is 10.5. The van der Waals surface area contributed by atoms with Gasteiger partial charge < -0.3 is 0 Å². The number of aromatic nitrogens is 3. The molecule has 0 fully saturated rings. The zero-order valence-corrected chi connectivity index (χ0v) is 10.2. The third kappa shape index (κ3) is 2.33. The maximum atomic E-state index is 5.88. The van der Waals surface area contributed by atoms with Crippen LogP contribution in [0.5, 0.6) is 0 Å². The molecule has 0 radical (unpaired) electrons. The van der Waals surface area contributed by atoms with Crippen molar-refractivity contribution in [1.82, 2.24) is 15.0 Å². The number of pyridine rings is 1. The smallest absolute Gasteiger partial charge is 0.179 e. The predicted molar refractivity (Wildman–Crippen MR) is 62.7 cm³/mol. The van der Waals surface area contributed by atoms with Gasteiger partial charge in [0.1, 0.15) is 10.8 Å². The van der Waals surface area contributed by atoms with E-state index in [9.17, 15) is 0 Å². The average Bonchev–Trinajstić information content (AvgIpc) is 2.22. The molecule has 0 saturated carbocycles. The highest BCUT2D eigenvalue weighted by Crippen LogP contribution is 2.21. The highest BCUT2D eigenvalue weighted by Gasteiger charge is 2.05. The van der Waals surface area contributed by atoms with Crippen LogP contribution in [-0.4, -0.2) is 15.0 Å². The maximum Gasteiger partial charge on any atom is 0.179 e. The lowest BCUT2D eigenvalue weighted by Crippen LogP contribution is -1.93. The molecule has 0 aliphatic carbocycles. The van der Waals surface area contributed by atoms with Gasteiger partial charge in [0.25, 0.3) is 0 Å². The lowest BCUT2D eigenvalue weighted by atomic mass is 10.3. The van der Waals surface area contributed by atoms with Crippen molar-refractivity contribution in [2.24, 2.45) is 0 Å². The molecular weight excluding hydrogens is 277 g/mol. The Kier molecular flexibility index (Phi) is 2.98. The molecule has 2 heterocycles. The lowest BCUT2D eigenvalue weighted by Gasteiger charge is -2.01. The van der Waals surface area contributed by atoms with Crippen LogP contribution in [0, 0.1) is 6.92 Å². The van der Waals surface area contributed by atoms with Crippen LogP contribution >= 0.6 is 27.5 Å². The summed E-state index contributed by atoms with van der Waals surface area (Å²) < 4.78 is 0.681. The molecule has 0 amide bonds. The number of hydrogen-bond donors (Lipinski definition) is 0. The minimum absolute atomic E-state index is 0.392. The van der Waals surface area contributed by atoms with Crippen molar-refractivity contribution < 1.29 is 0 Å². The third-order valence-electron chi connectivity index (χ3n) is 1.82. The van der Waals surface area contributed by atoms with Gasteiger partial charge in [-0.15, -0.1) is 0 Å². The Balaban J connectivity index is 2.50. The lowest BCUT2D eigenvalue weighted by molar-refractivity contribution is 1.11. The van der Waals surface area contributed by atoms with Gasteiger partial charge in [-0.2, -0.15) is 0 Å². The molecule has 0 aromatic carbocycles. The minimum Gasteiger partial charge on any atom is -0.250 e. The highest BCUT2D eigenvalue weighted by molar-refractivity contribution is 9.10. The fourth-order valence-corrected chi connectivity index (χ4v) is 1.46. The highest BCUT2D eigenvalue weighted by atomic mass is 79.9. The Hall–Kier alpha value is -1.000. The number of hydrogen-bond acceptors (Lipinski definition) is 3. The first-order valence-corrected chi connectivity index (χ1v) is 5.46. The molecule has 0 spiro atoms. The molecule has 0 saturated heterocycles. The van der Waals surface area contributed by atoms with Crippen molar-refractivity contribution in [2.75, 3.05) is 0 Å². The first-order chi connectivity index (χ1) is 7.16. The zero-order chi connectivity index (χ0) is 10.8. The summed E-state index contributed by atoms with van der Waals surface area (Å²) in [6.07, 6.45) is 1.62. The van der Waals surface area contributed by atoms with Crippen LogP contribution < -0.4 is 0 Å². The van der Waals surface area contributed by atoms with E-state index in [0.717, 1.165) is 11.4 Å². The summed E-state index contributed by atoms with van der Waals surface area (Å²) in [6, 6.07) is 5.69. The van der Waals surface area contributed by atoms with Crippen LogP contribution in [0.4, 0.5) is 0 Å². The van der Waals surface area contributed by atoms with Gasteiger partial charge in [0.05, 0.1) is 4.47 Å². The molecule has 2 aromatic rings. The Labute approximate surface area is 101 Å². The number of aryl methyl sites for hydroxylation is 1. The second-order valence-corrected chi connectivity index (χ2v) is 4.21. The Bertz CT molecular complexity index is 502. The molecule has 15 heavy (non-hydrogen) atoms. The quantitative estimate of drug-likeness (QED) is 0.755. The molecule has 0 N–H and O–H groups in total. The summed E-state index contributed by atoms with van der Waals surface area (Å²) >= 11 is 9.12. The molecule has 3 nitrogen and oxygen atoms in total. The summed E-state index contributed by atoms with van der Waals surface area (Å²) in [5, 5.41) is 0.392. The van der Waals surface area contributed by atoms with E-state index in [1.165, 1.54) is 0 Å². The van der Waals surface area contributed by atoms with Gasteiger partial charge in [-0.1, -0.05) is 17.7 Å². The van der Waals surface area contributed by atoms with Gasteiger partial charge in [-0.25, -0.2) is 15.0 Å². The van der Waals surface area contributed by atoms with E-state index in [0.29, 0.717) is 15.5 Å². The second-order valence-electron chi connectivity index (χ2n) is 3.00. The van der Waals surface area contributed by atoms with Crippen molar-refractivity contribution >= 4 is 27.5 Å². The first-order valence-electron chi connectivity index (χ1n) is 4.29. The number of halogens is 2. The van der Waals surface area contributed by atoms with Crippen LogP contribution in [0.2, 0.25) is 5.15 Å². The standard InChI is InChI=1S/C10H7BrClN3/c1-6-3-2-4-8(14-6)10-13-5-7(11)9(12)15-10/h2-5H,1H3. The molecule has 0 unspecified atom stereocenters. The van der Waals surface area contributed by atoms with Gasteiger partial charge >= 0.3 is 0 Å². The van der Waals surface area contributed by atoms with Crippen molar-refractivity contribution in [3.05, 3.63) is 39.7 Å². The summed E-state index contributed by atoms with van der Waals surface area (Å²) in [4.78, 5) is 12.6. The van der Waals surface area contributed by atoms with Gasteiger partial charge in [-0.3, -0.25) is 0 Å². The SMILES string of the molecule is Cc1cccc(-c2ncc(Br)c(Cl)n2)n1. The van der Waals surface area contributed by atoms with Crippen molar-refractivity contribution in [3.8, 4) is 11.5 Å². The van der Waals surface area contributed by atoms with E-state index in [2.05, 4.69) is 30.9 Å². The molecule has 5 heteroatoms. The molecular formula is C10H7BrClN3. The van der Waals surface area contributed by atoms with E-state index in [-0.39, 0.29) is 0 Å². The van der Waals surface area contributed by atoms with Crippen LogP contribution in [0.25, 0.3) is 11.5 Å². The van der Waals surface area contributed by atoms with Gasteiger partial charge in [0.15, 0.2) is 5.82 Å². The van der Waals surface area contributed by atoms with Crippen LogP contribution in [0.3, 0.4) is 0 Å². The van der Waals surface area contributed by atoms with Gasteiger partial charge in [0, 0.05) is 11.9 Å². The van der Waals surface area contributed by atoms with E-state index >= 15 is 0 Å². The largest absolute Gasteiger partial charge is 0.250 e. The van der Waals surface area contributed by atoms with Crippen LogP contribution in [0.1, 0.15) is 5.69 Å². The summed E-state index contributed by atoms with van der Waals surface area (Å²) in [7, 11) is 0. The van der Waals surface area contributed by atoms with Crippen molar-refractivity contribution in [3.63, 3.8) is 0 Å². The Morgan fingerprint density at radius 1 is 1.27 bits per heavy atom. The van der Waals surface area contributed by atoms with Crippen LogP contribution in [-0.2, 0) is 0 Å². The molecule has 0 aliphatic rings.